The van der Waals surface area contributed by atoms with Crippen molar-refractivity contribution in [1.82, 2.24) is 10.2 Å². The Bertz CT molecular complexity index is 571. The lowest BCUT2D eigenvalue weighted by molar-refractivity contribution is -0.132. The van der Waals surface area contributed by atoms with Crippen molar-refractivity contribution in [3.05, 3.63) is 29.3 Å². The molecule has 0 bridgehead atoms. The standard InChI is InChI=1S/C18H26N2O3/c1-13-12-14(9-10-16(13)23-3)15-6-5-11-20(15)18(22)8-4-7-17(21)19-2/h9-10,12,15H,4-8,11H2,1-3H3,(H,19,21)/t15-/m1/s1. The maximum atomic E-state index is 12.5. The molecule has 1 aliphatic heterocycles. The van der Waals surface area contributed by atoms with E-state index in [9.17, 15) is 9.59 Å². The Morgan fingerprint density at radius 1 is 1.35 bits per heavy atom. The van der Waals surface area contributed by atoms with E-state index >= 15 is 0 Å². The maximum absolute atomic E-state index is 12.5. The molecule has 2 rings (SSSR count). The van der Waals surface area contributed by atoms with Gasteiger partial charge in [0.15, 0.2) is 0 Å². The molecule has 0 aromatic heterocycles. The van der Waals surface area contributed by atoms with Crippen LogP contribution in [0, 0.1) is 6.92 Å². The summed E-state index contributed by atoms with van der Waals surface area (Å²) in [5.41, 5.74) is 2.25. The van der Waals surface area contributed by atoms with E-state index in [1.165, 1.54) is 5.56 Å². The number of likely N-dealkylation sites (tertiary alicyclic amines) is 1. The van der Waals surface area contributed by atoms with Crippen molar-refractivity contribution in [3.8, 4) is 5.75 Å². The predicted molar refractivity (Wildman–Crippen MR) is 89.3 cm³/mol. The minimum atomic E-state index is -0.0125. The number of ether oxygens (including phenoxy) is 1. The van der Waals surface area contributed by atoms with Crippen molar-refractivity contribution < 1.29 is 14.3 Å². The molecule has 5 heteroatoms. The van der Waals surface area contributed by atoms with Crippen LogP contribution >= 0.6 is 0 Å². The minimum absolute atomic E-state index is 0.0125. The van der Waals surface area contributed by atoms with Crippen molar-refractivity contribution in [2.45, 2.75) is 45.1 Å². The highest BCUT2D eigenvalue weighted by Gasteiger charge is 2.29. The average molecular weight is 318 g/mol. The number of rotatable bonds is 6. The van der Waals surface area contributed by atoms with Crippen LogP contribution in [0.2, 0.25) is 0 Å². The quantitative estimate of drug-likeness (QED) is 0.877. The Hall–Kier alpha value is -2.04. The molecule has 5 nitrogen and oxygen atoms in total. The largest absolute Gasteiger partial charge is 0.496 e. The molecule has 0 saturated carbocycles. The molecule has 1 saturated heterocycles. The molecular formula is C18H26N2O3. The lowest BCUT2D eigenvalue weighted by Gasteiger charge is -2.25. The average Bonchev–Trinajstić information content (AvgIpc) is 3.04. The number of hydrogen-bond donors (Lipinski definition) is 1. The summed E-state index contributed by atoms with van der Waals surface area (Å²) in [4.78, 5) is 25.7. The summed E-state index contributed by atoms with van der Waals surface area (Å²) < 4.78 is 5.30. The smallest absolute Gasteiger partial charge is 0.223 e. The number of carbonyl (C=O) groups excluding carboxylic acids is 2. The number of carbonyl (C=O) groups is 2. The number of nitrogens with zero attached hydrogens (tertiary/aromatic N) is 1. The molecule has 1 atom stereocenters. The monoisotopic (exact) mass is 318 g/mol. The van der Waals surface area contributed by atoms with Gasteiger partial charge in [0, 0.05) is 26.4 Å². The lowest BCUT2D eigenvalue weighted by Crippen LogP contribution is -2.30. The zero-order valence-corrected chi connectivity index (χ0v) is 14.2. The van der Waals surface area contributed by atoms with Gasteiger partial charge in [0.05, 0.1) is 13.2 Å². The van der Waals surface area contributed by atoms with E-state index in [0.29, 0.717) is 19.3 Å². The van der Waals surface area contributed by atoms with Crippen molar-refractivity contribution in [1.29, 1.82) is 0 Å². The third-order valence-corrected chi connectivity index (χ3v) is 4.45. The second kappa shape index (κ2) is 7.99. The second-order valence-corrected chi connectivity index (χ2v) is 6.00. The summed E-state index contributed by atoms with van der Waals surface area (Å²) in [7, 11) is 3.28. The summed E-state index contributed by atoms with van der Waals surface area (Å²) in [6.07, 6.45) is 3.45. The summed E-state index contributed by atoms with van der Waals surface area (Å²) in [5.74, 6) is 1.00. The molecule has 0 unspecified atom stereocenters. The van der Waals surface area contributed by atoms with Crippen LogP contribution in [-0.4, -0.2) is 37.4 Å². The second-order valence-electron chi connectivity index (χ2n) is 6.00. The van der Waals surface area contributed by atoms with Crippen LogP contribution in [0.5, 0.6) is 5.75 Å². The van der Waals surface area contributed by atoms with Crippen LogP contribution in [0.1, 0.15) is 49.3 Å². The third kappa shape index (κ3) is 4.24. The van der Waals surface area contributed by atoms with Gasteiger partial charge in [-0.1, -0.05) is 12.1 Å². The number of hydrogen-bond acceptors (Lipinski definition) is 3. The van der Waals surface area contributed by atoms with E-state index in [0.717, 1.165) is 30.7 Å². The maximum Gasteiger partial charge on any atom is 0.223 e. The summed E-state index contributed by atoms with van der Waals surface area (Å²) in [5, 5.41) is 2.58. The number of nitrogens with one attached hydrogen (secondary N) is 1. The van der Waals surface area contributed by atoms with Crippen molar-refractivity contribution in [2.24, 2.45) is 0 Å². The van der Waals surface area contributed by atoms with Gasteiger partial charge in [-0.25, -0.2) is 0 Å². The van der Waals surface area contributed by atoms with Crippen molar-refractivity contribution in [3.63, 3.8) is 0 Å². The van der Waals surface area contributed by atoms with Crippen molar-refractivity contribution in [2.75, 3.05) is 20.7 Å². The topological polar surface area (TPSA) is 58.6 Å². The molecular weight excluding hydrogens is 292 g/mol. The third-order valence-electron chi connectivity index (χ3n) is 4.45. The van der Waals surface area contributed by atoms with Gasteiger partial charge in [-0.15, -0.1) is 0 Å². The Balaban J connectivity index is 2.00. The van der Waals surface area contributed by atoms with Gasteiger partial charge in [-0.3, -0.25) is 9.59 Å². The van der Waals surface area contributed by atoms with Gasteiger partial charge in [0.25, 0.3) is 0 Å². The van der Waals surface area contributed by atoms with Gasteiger partial charge >= 0.3 is 0 Å². The Labute approximate surface area is 138 Å². The van der Waals surface area contributed by atoms with Crippen LogP contribution in [0.25, 0.3) is 0 Å². The van der Waals surface area contributed by atoms with Crippen LogP contribution < -0.4 is 10.1 Å². The van der Waals surface area contributed by atoms with Crippen LogP contribution in [0.3, 0.4) is 0 Å². The molecule has 0 spiro atoms. The van der Waals surface area contributed by atoms with E-state index in [2.05, 4.69) is 11.4 Å². The molecule has 1 aromatic carbocycles. The highest BCUT2D eigenvalue weighted by atomic mass is 16.5. The fourth-order valence-corrected chi connectivity index (χ4v) is 3.19. The summed E-state index contributed by atoms with van der Waals surface area (Å²) >= 11 is 0. The molecule has 126 valence electrons. The van der Waals surface area contributed by atoms with E-state index in [4.69, 9.17) is 4.74 Å². The van der Waals surface area contributed by atoms with Gasteiger partial charge < -0.3 is 15.0 Å². The Morgan fingerprint density at radius 3 is 2.78 bits per heavy atom. The first-order valence-electron chi connectivity index (χ1n) is 8.21. The van der Waals surface area contributed by atoms with Crippen LogP contribution in [-0.2, 0) is 9.59 Å². The molecule has 0 radical (unpaired) electrons. The zero-order chi connectivity index (χ0) is 16.8. The van der Waals surface area contributed by atoms with Gasteiger partial charge in [-0.05, 0) is 43.4 Å². The first-order chi connectivity index (χ1) is 11.1. The van der Waals surface area contributed by atoms with E-state index in [1.54, 1.807) is 14.2 Å². The van der Waals surface area contributed by atoms with Crippen LogP contribution in [0.4, 0.5) is 0 Å². The highest BCUT2D eigenvalue weighted by Crippen LogP contribution is 2.34. The molecule has 1 fully saturated rings. The van der Waals surface area contributed by atoms with Gasteiger partial charge in [0.1, 0.15) is 5.75 Å². The zero-order valence-electron chi connectivity index (χ0n) is 14.2. The molecule has 1 aromatic rings. The van der Waals surface area contributed by atoms with Gasteiger partial charge in [0.2, 0.25) is 11.8 Å². The number of aryl methyl sites for hydroxylation is 1. The SMILES string of the molecule is CNC(=O)CCCC(=O)N1CCC[C@@H]1c1ccc(OC)c(C)c1. The fourth-order valence-electron chi connectivity index (χ4n) is 3.19. The van der Waals surface area contributed by atoms with Crippen molar-refractivity contribution >= 4 is 11.8 Å². The first kappa shape index (κ1) is 17.3. The number of methoxy groups -OCH3 is 1. The fraction of sp³-hybridized carbons (Fsp3) is 0.556. The molecule has 0 aliphatic carbocycles. The molecule has 1 heterocycles. The predicted octanol–water partition coefficient (Wildman–Crippen LogP) is 2.58. The lowest BCUT2D eigenvalue weighted by atomic mass is 10.0. The number of benzene rings is 1. The molecule has 23 heavy (non-hydrogen) atoms. The van der Waals surface area contributed by atoms with E-state index in [1.807, 2.05) is 24.0 Å². The number of amides is 2. The minimum Gasteiger partial charge on any atom is -0.496 e. The molecule has 2 amide bonds. The molecule has 1 aliphatic rings. The Kier molecular flexibility index (Phi) is 6.02. The normalized spacial score (nSPS) is 17.2. The highest BCUT2D eigenvalue weighted by molar-refractivity contribution is 5.79. The van der Waals surface area contributed by atoms with Crippen LogP contribution in [0.15, 0.2) is 18.2 Å². The Morgan fingerprint density at radius 2 is 2.13 bits per heavy atom. The first-order valence-corrected chi connectivity index (χ1v) is 8.21. The summed E-state index contributed by atoms with van der Waals surface area (Å²) in [6, 6.07) is 6.27. The summed E-state index contributed by atoms with van der Waals surface area (Å²) in [6.45, 7) is 2.82. The molecule has 1 N–H and O–H groups in total. The van der Waals surface area contributed by atoms with Gasteiger partial charge in [-0.2, -0.15) is 0 Å². The van der Waals surface area contributed by atoms with E-state index in [-0.39, 0.29) is 17.9 Å². The van der Waals surface area contributed by atoms with E-state index < -0.39 is 0 Å².